The molecular formula is C7H15N3O2. The third kappa shape index (κ3) is 2.17. The lowest BCUT2D eigenvalue weighted by Crippen LogP contribution is -2.48. The first-order valence-electron chi connectivity index (χ1n) is 4.08. The Bertz CT molecular complexity index is 172. The summed E-state index contributed by atoms with van der Waals surface area (Å²) in [5.41, 5.74) is 5.35. The first-order chi connectivity index (χ1) is 5.61. The van der Waals surface area contributed by atoms with Gasteiger partial charge >= 0.3 is 0 Å². The van der Waals surface area contributed by atoms with Gasteiger partial charge in [0.1, 0.15) is 6.23 Å². The van der Waals surface area contributed by atoms with Crippen LogP contribution in [0.5, 0.6) is 0 Å². The second-order valence-corrected chi connectivity index (χ2v) is 3.09. The van der Waals surface area contributed by atoms with Gasteiger partial charge in [-0.1, -0.05) is 0 Å². The molecule has 1 amide bonds. The quantitative estimate of drug-likeness (QED) is 0.394. The minimum atomic E-state index is -0.632. The average Bonchev–Trinajstić information content (AvgIpc) is 2.36. The Balaban J connectivity index is 2.35. The zero-order chi connectivity index (χ0) is 9.14. The van der Waals surface area contributed by atoms with E-state index in [-0.39, 0.29) is 11.9 Å². The smallest absolute Gasteiger partial charge is 0.236 e. The van der Waals surface area contributed by atoms with Gasteiger partial charge in [-0.3, -0.25) is 10.1 Å². The lowest BCUT2D eigenvalue weighted by molar-refractivity contribution is -0.123. The molecule has 70 valence electrons. The number of rotatable bonds is 2. The predicted molar refractivity (Wildman–Crippen MR) is 44.2 cm³/mol. The van der Waals surface area contributed by atoms with Gasteiger partial charge in [0.2, 0.25) is 5.91 Å². The number of nitrogens with two attached hydrogens (primary N) is 1. The third-order valence-electron chi connectivity index (χ3n) is 1.93. The predicted octanol–water partition coefficient (Wildman–Crippen LogP) is -1.87. The number of hydrogen-bond donors (Lipinski definition) is 4. The molecule has 5 heteroatoms. The van der Waals surface area contributed by atoms with Crippen molar-refractivity contribution >= 4 is 5.91 Å². The van der Waals surface area contributed by atoms with E-state index >= 15 is 0 Å². The Labute approximate surface area is 71.3 Å². The van der Waals surface area contributed by atoms with Gasteiger partial charge < -0.3 is 16.2 Å². The van der Waals surface area contributed by atoms with Crippen LogP contribution >= 0.6 is 0 Å². The van der Waals surface area contributed by atoms with Crippen molar-refractivity contribution in [1.29, 1.82) is 0 Å². The molecule has 0 saturated carbocycles. The molecule has 1 aliphatic heterocycles. The van der Waals surface area contributed by atoms with Crippen LogP contribution in [0.15, 0.2) is 0 Å². The van der Waals surface area contributed by atoms with E-state index < -0.39 is 12.3 Å². The number of amides is 1. The monoisotopic (exact) mass is 173 g/mol. The van der Waals surface area contributed by atoms with Crippen LogP contribution in [-0.4, -0.2) is 35.9 Å². The zero-order valence-electron chi connectivity index (χ0n) is 7.08. The molecule has 5 nitrogen and oxygen atoms in total. The molecule has 0 aliphatic carbocycles. The Morgan fingerprint density at radius 3 is 2.92 bits per heavy atom. The Morgan fingerprint density at radius 1 is 1.83 bits per heavy atom. The van der Waals surface area contributed by atoms with Gasteiger partial charge in [-0.2, -0.15) is 0 Å². The van der Waals surface area contributed by atoms with Crippen LogP contribution in [0.2, 0.25) is 0 Å². The second-order valence-electron chi connectivity index (χ2n) is 3.09. The molecule has 1 fully saturated rings. The van der Waals surface area contributed by atoms with Crippen molar-refractivity contribution in [3.8, 4) is 0 Å². The number of carbonyl (C=O) groups excluding carboxylic acids is 1. The second kappa shape index (κ2) is 3.84. The highest BCUT2D eigenvalue weighted by Crippen LogP contribution is 2.03. The van der Waals surface area contributed by atoms with Crippen LogP contribution in [0.4, 0.5) is 0 Å². The molecule has 1 heterocycles. The van der Waals surface area contributed by atoms with Crippen molar-refractivity contribution in [3.63, 3.8) is 0 Å². The van der Waals surface area contributed by atoms with Crippen molar-refractivity contribution in [3.05, 3.63) is 0 Å². The highest BCUT2D eigenvalue weighted by atomic mass is 16.3. The van der Waals surface area contributed by atoms with Crippen molar-refractivity contribution in [2.75, 3.05) is 6.54 Å². The molecule has 1 rings (SSSR count). The van der Waals surface area contributed by atoms with Gasteiger partial charge in [0.05, 0.1) is 12.1 Å². The molecule has 0 aromatic heterocycles. The Morgan fingerprint density at radius 2 is 2.50 bits per heavy atom. The minimum absolute atomic E-state index is 0.191. The van der Waals surface area contributed by atoms with E-state index in [1.807, 2.05) is 0 Å². The fourth-order valence-electron chi connectivity index (χ4n) is 1.15. The number of aliphatic hydroxyl groups is 1. The maximum absolute atomic E-state index is 11.1. The normalized spacial score (nSPS) is 31.6. The molecule has 0 aromatic rings. The number of carbonyl (C=O) groups is 1. The van der Waals surface area contributed by atoms with Gasteiger partial charge in [-0.05, 0) is 19.9 Å². The molecule has 12 heavy (non-hydrogen) atoms. The van der Waals surface area contributed by atoms with E-state index in [1.165, 1.54) is 0 Å². The minimum Gasteiger partial charge on any atom is -0.376 e. The summed E-state index contributed by atoms with van der Waals surface area (Å²) in [5.74, 6) is -0.220. The maximum Gasteiger partial charge on any atom is 0.236 e. The summed E-state index contributed by atoms with van der Waals surface area (Å²) in [5, 5.41) is 14.7. The summed E-state index contributed by atoms with van der Waals surface area (Å²) >= 11 is 0. The summed E-state index contributed by atoms with van der Waals surface area (Å²) < 4.78 is 0. The fraction of sp³-hybridized carbons (Fsp3) is 0.857. The molecule has 1 saturated heterocycles. The first kappa shape index (κ1) is 9.44. The summed E-state index contributed by atoms with van der Waals surface area (Å²) in [4.78, 5) is 11.1. The van der Waals surface area contributed by atoms with Crippen molar-refractivity contribution in [2.45, 2.75) is 31.7 Å². The maximum atomic E-state index is 11.1. The molecular weight excluding hydrogens is 158 g/mol. The summed E-state index contributed by atoms with van der Waals surface area (Å²) in [6, 6.07) is -0.707. The van der Waals surface area contributed by atoms with Gasteiger partial charge in [0.15, 0.2) is 0 Å². The molecule has 0 bridgehead atoms. The van der Waals surface area contributed by atoms with E-state index in [2.05, 4.69) is 10.6 Å². The summed E-state index contributed by atoms with van der Waals surface area (Å²) in [6.07, 6.45) is 0.118. The summed E-state index contributed by atoms with van der Waals surface area (Å²) in [6.45, 7) is 2.34. The van der Waals surface area contributed by atoms with Gasteiger partial charge in [0.25, 0.3) is 0 Å². The van der Waals surface area contributed by atoms with Crippen LogP contribution in [0.1, 0.15) is 13.3 Å². The van der Waals surface area contributed by atoms with E-state index in [9.17, 15) is 9.90 Å². The topological polar surface area (TPSA) is 87.4 Å². The third-order valence-corrected chi connectivity index (χ3v) is 1.93. The van der Waals surface area contributed by atoms with E-state index in [0.717, 1.165) is 13.0 Å². The molecule has 1 unspecified atom stereocenters. The lowest BCUT2D eigenvalue weighted by Gasteiger charge is -2.17. The number of hydrogen-bond acceptors (Lipinski definition) is 4. The van der Waals surface area contributed by atoms with Gasteiger partial charge in [-0.15, -0.1) is 0 Å². The van der Waals surface area contributed by atoms with Crippen molar-refractivity contribution < 1.29 is 9.90 Å². The Hall–Kier alpha value is -0.650. The van der Waals surface area contributed by atoms with Gasteiger partial charge in [0, 0.05) is 0 Å². The highest BCUT2D eigenvalue weighted by molar-refractivity contribution is 5.81. The standard InChI is InChI=1S/C7H15N3O2/c1-4(8)6(11)10-5-2-3-9-7(5)12/h4-5,7,9,12H,2-3,8H2,1H3,(H,10,11)/t4-,5+,7?/m0/s1. The van der Waals surface area contributed by atoms with Crippen LogP contribution in [0, 0.1) is 0 Å². The number of nitrogens with one attached hydrogen (secondary N) is 2. The van der Waals surface area contributed by atoms with Gasteiger partial charge in [-0.25, -0.2) is 0 Å². The molecule has 3 atom stereocenters. The largest absolute Gasteiger partial charge is 0.376 e. The molecule has 1 aliphatic rings. The van der Waals surface area contributed by atoms with Crippen LogP contribution in [0.25, 0.3) is 0 Å². The molecule has 5 N–H and O–H groups in total. The highest BCUT2D eigenvalue weighted by Gasteiger charge is 2.26. The Kier molecular flexibility index (Phi) is 3.02. The molecule has 0 spiro atoms. The van der Waals surface area contributed by atoms with Crippen LogP contribution in [-0.2, 0) is 4.79 Å². The lowest BCUT2D eigenvalue weighted by atomic mass is 10.2. The summed E-state index contributed by atoms with van der Waals surface area (Å²) in [7, 11) is 0. The van der Waals surface area contributed by atoms with E-state index in [4.69, 9.17) is 5.73 Å². The SMILES string of the molecule is C[C@H](N)C(=O)N[C@@H]1CCNC1O. The average molecular weight is 173 g/mol. The van der Waals surface area contributed by atoms with Crippen LogP contribution in [0.3, 0.4) is 0 Å². The number of aliphatic hydroxyl groups excluding tert-OH is 1. The van der Waals surface area contributed by atoms with Crippen LogP contribution < -0.4 is 16.4 Å². The zero-order valence-corrected chi connectivity index (χ0v) is 7.08. The van der Waals surface area contributed by atoms with E-state index in [0.29, 0.717) is 0 Å². The first-order valence-corrected chi connectivity index (χ1v) is 4.08. The van der Waals surface area contributed by atoms with Crippen molar-refractivity contribution in [1.82, 2.24) is 10.6 Å². The molecule has 0 radical (unpaired) electrons. The van der Waals surface area contributed by atoms with Crippen molar-refractivity contribution in [2.24, 2.45) is 5.73 Å². The molecule has 0 aromatic carbocycles. The van der Waals surface area contributed by atoms with E-state index in [1.54, 1.807) is 6.92 Å². The fourth-order valence-corrected chi connectivity index (χ4v) is 1.15.